The summed E-state index contributed by atoms with van der Waals surface area (Å²) in [6.45, 7) is 4.31. The lowest BCUT2D eigenvalue weighted by Crippen LogP contribution is -1.95. The van der Waals surface area contributed by atoms with E-state index in [4.69, 9.17) is 10.00 Å². The minimum Gasteiger partial charge on any atom is -0.489 e. The first-order valence-electron chi connectivity index (χ1n) is 6.15. The fourth-order valence-corrected chi connectivity index (χ4v) is 1.42. The number of halogens is 1. The molecule has 0 spiro atoms. The lowest BCUT2D eigenvalue weighted by atomic mass is 10.2. The van der Waals surface area contributed by atoms with Crippen molar-refractivity contribution in [1.29, 1.82) is 5.26 Å². The van der Waals surface area contributed by atoms with Crippen LogP contribution in [0.2, 0.25) is 0 Å². The van der Waals surface area contributed by atoms with Crippen molar-refractivity contribution in [1.82, 2.24) is 0 Å². The highest BCUT2D eigenvalue weighted by atomic mass is 19.1. The van der Waals surface area contributed by atoms with Crippen LogP contribution in [-0.2, 0) is 6.61 Å². The van der Waals surface area contributed by atoms with Crippen molar-refractivity contribution in [2.75, 3.05) is 0 Å². The van der Waals surface area contributed by atoms with Crippen molar-refractivity contribution in [3.63, 3.8) is 0 Å². The van der Waals surface area contributed by atoms with Crippen LogP contribution >= 0.6 is 0 Å². The Hall–Kier alpha value is -2.34. The maximum absolute atomic E-state index is 12.9. The SMILES string of the molecule is CC.N#Cc1ccc(OCc2cccc(F)c2)cc1. The van der Waals surface area contributed by atoms with Gasteiger partial charge in [0.05, 0.1) is 11.6 Å². The highest BCUT2D eigenvalue weighted by molar-refractivity contribution is 5.34. The van der Waals surface area contributed by atoms with Crippen LogP contribution in [0.15, 0.2) is 48.5 Å². The minimum absolute atomic E-state index is 0.272. The Morgan fingerprint density at radius 3 is 2.37 bits per heavy atom. The summed E-state index contributed by atoms with van der Waals surface area (Å²) in [6.07, 6.45) is 0. The summed E-state index contributed by atoms with van der Waals surface area (Å²) < 4.78 is 18.4. The molecule has 0 saturated carbocycles. The van der Waals surface area contributed by atoms with Crippen LogP contribution in [0.3, 0.4) is 0 Å². The molecule has 3 heteroatoms. The summed E-state index contributed by atoms with van der Waals surface area (Å²) in [4.78, 5) is 0. The van der Waals surface area contributed by atoms with Crippen LogP contribution in [0.5, 0.6) is 5.75 Å². The van der Waals surface area contributed by atoms with E-state index >= 15 is 0 Å². The van der Waals surface area contributed by atoms with Gasteiger partial charge in [0.1, 0.15) is 18.2 Å². The normalized spacial score (nSPS) is 8.95. The number of hydrogen-bond acceptors (Lipinski definition) is 2. The van der Waals surface area contributed by atoms with Crippen molar-refractivity contribution in [2.45, 2.75) is 20.5 Å². The van der Waals surface area contributed by atoms with Crippen LogP contribution in [0.4, 0.5) is 4.39 Å². The average Bonchev–Trinajstić information content (AvgIpc) is 2.48. The second-order valence-corrected chi connectivity index (χ2v) is 3.55. The van der Waals surface area contributed by atoms with Gasteiger partial charge in [-0.1, -0.05) is 26.0 Å². The Labute approximate surface area is 113 Å². The lowest BCUT2D eigenvalue weighted by Gasteiger charge is -2.06. The molecule has 0 aliphatic carbocycles. The number of ether oxygens (including phenoxy) is 1. The zero-order valence-electron chi connectivity index (χ0n) is 11.1. The van der Waals surface area contributed by atoms with Crippen molar-refractivity contribution >= 4 is 0 Å². The van der Waals surface area contributed by atoms with Gasteiger partial charge in [0.25, 0.3) is 0 Å². The molecule has 2 nitrogen and oxygen atoms in total. The van der Waals surface area contributed by atoms with Crippen LogP contribution in [0, 0.1) is 17.1 Å². The van der Waals surface area contributed by atoms with E-state index in [1.54, 1.807) is 36.4 Å². The van der Waals surface area contributed by atoms with Gasteiger partial charge in [-0.15, -0.1) is 0 Å². The number of rotatable bonds is 3. The first-order chi connectivity index (χ1) is 9.28. The number of nitrogens with zero attached hydrogens (tertiary/aromatic N) is 1. The third-order valence-corrected chi connectivity index (χ3v) is 2.28. The predicted molar refractivity (Wildman–Crippen MR) is 73.2 cm³/mol. The molecule has 0 saturated heterocycles. The van der Waals surface area contributed by atoms with Gasteiger partial charge in [-0.2, -0.15) is 5.26 Å². The molecule has 0 N–H and O–H groups in total. The quantitative estimate of drug-likeness (QED) is 0.821. The summed E-state index contributed by atoms with van der Waals surface area (Å²) in [5, 5.41) is 8.63. The van der Waals surface area contributed by atoms with E-state index in [0.29, 0.717) is 17.9 Å². The Bertz CT molecular complexity index is 543. The number of hydrogen-bond donors (Lipinski definition) is 0. The maximum atomic E-state index is 12.9. The molecule has 2 aromatic carbocycles. The molecule has 0 atom stereocenters. The third kappa shape index (κ3) is 4.81. The third-order valence-electron chi connectivity index (χ3n) is 2.28. The van der Waals surface area contributed by atoms with Crippen molar-refractivity contribution < 1.29 is 9.13 Å². The zero-order valence-corrected chi connectivity index (χ0v) is 11.1. The first-order valence-corrected chi connectivity index (χ1v) is 6.15. The minimum atomic E-state index is -0.272. The van der Waals surface area contributed by atoms with Gasteiger partial charge in [0.2, 0.25) is 0 Å². The Morgan fingerprint density at radius 1 is 1.11 bits per heavy atom. The van der Waals surface area contributed by atoms with Crippen LogP contribution < -0.4 is 4.74 Å². The molecular formula is C16H16FNO. The molecular weight excluding hydrogens is 241 g/mol. The predicted octanol–water partition coefficient (Wildman–Crippen LogP) is 4.30. The summed E-state index contributed by atoms with van der Waals surface area (Å²) in [7, 11) is 0. The van der Waals surface area contributed by atoms with Gasteiger partial charge in [0.15, 0.2) is 0 Å². The summed E-state index contributed by atoms with van der Waals surface area (Å²) in [5.74, 6) is 0.388. The average molecular weight is 257 g/mol. The molecule has 2 rings (SSSR count). The topological polar surface area (TPSA) is 33.0 Å². The van der Waals surface area contributed by atoms with E-state index in [1.165, 1.54) is 12.1 Å². The van der Waals surface area contributed by atoms with Crippen LogP contribution in [0.25, 0.3) is 0 Å². The molecule has 0 heterocycles. The molecule has 19 heavy (non-hydrogen) atoms. The van der Waals surface area contributed by atoms with E-state index in [1.807, 2.05) is 19.9 Å². The molecule has 0 fully saturated rings. The van der Waals surface area contributed by atoms with E-state index in [9.17, 15) is 4.39 Å². The molecule has 0 aliphatic heterocycles. The monoisotopic (exact) mass is 257 g/mol. The molecule has 0 bridgehead atoms. The summed E-state index contributed by atoms with van der Waals surface area (Å²) in [6, 6.07) is 15.1. The molecule has 0 radical (unpaired) electrons. The Balaban J connectivity index is 0.000000861. The lowest BCUT2D eigenvalue weighted by molar-refractivity contribution is 0.305. The maximum Gasteiger partial charge on any atom is 0.123 e. The largest absolute Gasteiger partial charge is 0.489 e. The first kappa shape index (κ1) is 14.7. The van der Waals surface area contributed by atoms with Gasteiger partial charge in [-0.25, -0.2) is 4.39 Å². The summed E-state index contributed by atoms with van der Waals surface area (Å²) in [5.41, 5.74) is 1.36. The highest BCUT2D eigenvalue weighted by Crippen LogP contribution is 2.14. The molecule has 0 unspecified atom stereocenters. The van der Waals surface area contributed by atoms with E-state index in [0.717, 1.165) is 5.56 Å². The van der Waals surface area contributed by atoms with E-state index < -0.39 is 0 Å². The smallest absolute Gasteiger partial charge is 0.123 e. The van der Waals surface area contributed by atoms with Gasteiger partial charge in [-0.3, -0.25) is 0 Å². The second kappa shape index (κ2) is 7.88. The zero-order chi connectivity index (χ0) is 14.1. The van der Waals surface area contributed by atoms with Gasteiger partial charge in [0, 0.05) is 0 Å². The van der Waals surface area contributed by atoms with E-state index in [2.05, 4.69) is 0 Å². The Kier molecular flexibility index (Phi) is 6.11. The van der Waals surface area contributed by atoms with Gasteiger partial charge < -0.3 is 4.74 Å². The highest BCUT2D eigenvalue weighted by Gasteiger charge is 1.98. The van der Waals surface area contributed by atoms with Crippen LogP contribution in [0.1, 0.15) is 25.0 Å². The van der Waals surface area contributed by atoms with Crippen molar-refractivity contribution in [3.8, 4) is 11.8 Å². The molecule has 0 amide bonds. The number of benzene rings is 2. The Morgan fingerprint density at radius 2 is 1.79 bits per heavy atom. The molecule has 98 valence electrons. The second-order valence-electron chi connectivity index (χ2n) is 3.55. The van der Waals surface area contributed by atoms with E-state index in [-0.39, 0.29) is 5.82 Å². The molecule has 2 aromatic rings. The van der Waals surface area contributed by atoms with Crippen LogP contribution in [-0.4, -0.2) is 0 Å². The van der Waals surface area contributed by atoms with Gasteiger partial charge >= 0.3 is 0 Å². The fraction of sp³-hybridized carbons (Fsp3) is 0.188. The van der Waals surface area contributed by atoms with Crippen molar-refractivity contribution in [3.05, 3.63) is 65.5 Å². The molecule has 0 aliphatic rings. The summed E-state index contributed by atoms with van der Waals surface area (Å²) >= 11 is 0. The van der Waals surface area contributed by atoms with Gasteiger partial charge in [-0.05, 0) is 42.0 Å². The van der Waals surface area contributed by atoms with Crippen molar-refractivity contribution in [2.24, 2.45) is 0 Å². The fourth-order valence-electron chi connectivity index (χ4n) is 1.42. The number of nitriles is 1. The standard InChI is InChI=1S/C14H10FNO.C2H6/c15-13-3-1-2-12(8-13)10-17-14-6-4-11(9-16)5-7-14;1-2/h1-8H,10H2;1-2H3. The molecule has 0 aromatic heterocycles.